The number of aromatic carboxylic acids is 1. The normalized spacial score (nSPS) is 21.0. The van der Waals surface area contributed by atoms with Crippen LogP contribution in [0.1, 0.15) is 22.3 Å². The van der Waals surface area contributed by atoms with Crippen molar-refractivity contribution in [2.75, 3.05) is 19.6 Å². The molecule has 1 aromatic carbocycles. The lowest BCUT2D eigenvalue weighted by Crippen LogP contribution is -2.59. The van der Waals surface area contributed by atoms with Crippen LogP contribution in [-0.2, 0) is 11.2 Å². The van der Waals surface area contributed by atoms with Gasteiger partial charge in [0.15, 0.2) is 0 Å². The van der Waals surface area contributed by atoms with E-state index < -0.39 is 61.3 Å². The van der Waals surface area contributed by atoms with Gasteiger partial charge in [0, 0.05) is 6.42 Å². The number of carbonyl (C=O) groups excluding carboxylic acids is 1. The van der Waals surface area contributed by atoms with E-state index in [1.165, 1.54) is 17.0 Å². The molecule has 2 saturated heterocycles. The Labute approximate surface area is 165 Å². The monoisotopic (exact) mass is 414 g/mol. The molecule has 0 radical (unpaired) electrons. The standard InChI is InChI=1S/C17H21BF2N2O7/c19-17(20)5-11(21-8-17)15(24)22-6-10(7-22)29-12-2-1-9(3-4-18(27)28)14(23)13(12)16(25)26/h1-2,10-11,21,23,27-28H,3-8H2,(H,25,26)/t11-/m0/s1. The Bertz CT molecular complexity index is 802. The van der Waals surface area contributed by atoms with Crippen molar-refractivity contribution in [3.63, 3.8) is 0 Å². The van der Waals surface area contributed by atoms with Crippen LogP contribution in [0.4, 0.5) is 8.78 Å². The highest BCUT2D eigenvalue weighted by Gasteiger charge is 2.46. The molecule has 2 aliphatic heterocycles. The Balaban J connectivity index is 1.62. The number of phenols is 1. The van der Waals surface area contributed by atoms with Crippen LogP contribution in [-0.4, -0.2) is 81.9 Å². The highest BCUT2D eigenvalue weighted by Crippen LogP contribution is 2.34. The molecule has 1 atom stereocenters. The molecule has 3 rings (SSSR count). The first-order valence-electron chi connectivity index (χ1n) is 9.08. The molecule has 1 aromatic rings. The third-order valence-electron chi connectivity index (χ3n) is 4.97. The van der Waals surface area contributed by atoms with E-state index in [2.05, 4.69) is 5.32 Å². The number of nitrogens with one attached hydrogen (secondary N) is 1. The predicted octanol–water partition coefficient (Wildman–Crippen LogP) is -0.308. The number of aryl methyl sites for hydroxylation is 1. The summed E-state index contributed by atoms with van der Waals surface area (Å²) < 4.78 is 32.0. The number of nitrogens with zero attached hydrogens (tertiary/aromatic N) is 1. The summed E-state index contributed by atoms with van der Waals surface area (Å²) in [6.07, 6.45) is -1.13. The van der Waals surface area contributed by atoms with Gasteiger partial charge in [-0.2, -0.15) is 0 Å². The molecule has 12 heteroatoms. The minimum atomic E-state index is -2.91. The molecule has 2 aliphatic rings. The number of carboxylic acid groups (broad SMARTS) is 1. The second-order valence-corrected chi connectivity index (χ2v) is 7.25. The van der Waals surface area contributed by atoms with Crippen LogP contribution in [0.25, 0.3) is 0 Å². The summed E-state index contributed by atoms with van der Waals surface area (Å²) in [5.41, 5.74) is -0.238. The number of hydrogen-bond donors (Lipinski definition) is 5. The van der Waals surface area contributed by atoms with Crippen molar-refractivity contribution in [1.29, 1.82) is 0 Å². The summed E-state index contributed by atoms with van der Waals surface area (Å²) in [5.74, 6) is -5.41. The van der Waals surface area contributed by atoms with Gasteiger partial charge < -0.3 is 29.9 Å². The largest absolute Gasteiger partial charge is 0.507 e. The number of alkyl halides is 2. The molecule has 0 saturated carbocycles. The second kappa shape index (κ2) is 8.13. The molecule has 0 spiro atoms. The van der Waals surface area contributed by atoms with E-state index >= 15 is 0 Å². The number of halogens is 2. The van der Waals surface area contributed by atoms with Crippen LogP contribution in [0.3, 0.4) is 0 Å². The first kappa shape index (κ1) is 21.3. The Hall–Kier alpha value is -2.44. The van der Waals surface area contributed by atoms with Gasteiger partial charge in [0.2, 0.25) is 5.91 Å². The average molecular weight is 414 g/mol. The van der Waals surface area contributed by atoms with Gasteiger partial charge in [-0.25, -0.2) is 13.6 Å². The molecule has 0 unspecified atom stereocenters. The molecule has 5 N–H and O–H groups in total. The van der Waals surface area contributed by atoms with E-state index in [-0.39, 0.29) is 37.1 Å². The van der Waals surface area contributed by atoms with Crippen molar-refractivity contribution in [3.8, 4) is 11.5 Å². The Morgan fingerprint density at radius 2 is 2.00 bits per heavy atom. The van der Waals surface area contributed by atoms with E-state index in [0.717, 1.165) is 0 Å². The number of likely N-dealkylation sites (tertiary alicyclic amines) is 1. The minimum absolute atomic E-state index is 0.0504. The summed E-state index contributed by atoms with van der Waals surface area (Å²) in [4.78, 5) is 25.1. The number of benzene rings is 1. The van der Waals surface area contributed by atoms with E-state index in [1.807, 2.05) is 0 Å². The maximum Gasteiger partial charge on any atom is 0.451 e. The number of ether oxygens (including phenoxy) is 1. The molecule has 1 amide bonds. The van der Waals surface area contributed by atoms with Crippen molar-refractivity contribution in [1.82, 2.24) is 10.2 Å². The van der Waals surface area contributed by atoms with Gasteiger partial charge in [-0.15, -0.1) is 0 Å². The number of amides is 1. The number of carbonyl (C=O) groups is 2. The molecule has 158 valence electrons. The van der Waals surface area contributed by atoms with Gasteiger partial charge in [-0.05, 0) is 24.4 Å². The third-order valence-corrected chi connectivity index (χ3v) is 4.97. The minimum Gasteiger partial charge on any atom is -0.507 e. The fourth-order valence-corrected chi connectivity index (χ4v) is 3.39. The first-order chi connectivity index (χ1) is 13.6. The van der Waals surface area contributed by atoms with Gasteiger partial charge in [0.25, 0.3) is 5.92 Å². The van der Waals surface area contributed by atoms with Crippen LogP contribution >= 0.6 is 0 Å². The lowest BCUT2D eigenvalue weighted by molar-refractivity contribution is -0.142. The van der Waals surface area contributed by atoms with E-state index in [9.17, 15) is 28.6 Å². The molecular formula is C17H21BF2N2O7. The number of hydrogen-bond acceptors (Lipinski definition) is 7. The van der Waals surface area contributed by atoms with Gasteiger partial charge in [0.05, 0.1) is 25.7 Å². The fraction of sp³-hybridized carbons (Fsp3) is 0.529. The number of aromatic hydroxyl groups is 1. The number of carboxylic acids is 1. The summed E-state index contributed by atoms with van der Waals surface area (Å²) >= 11 is 0. The van der Waals surface area contributed by atoms with Gasteiger partial charge in [-0.3, -0.25) is 10.1 Å². The quantitative estimate of drug-likeness (QED) is 0.383. The van der Waals surface area contributed by atoms with E-state index in [0.29, 0.717) is 0 Å². The van der Waals surface area contributed by atoms with Crippen LogP contribution in [0.15, 0.2) is 12.1 Å². The molecule has 2 heterocycles. The fourth-order valence-electron chi connectivity index (χ4n) is 3.39. The summed E-state index contributed by atoms with van der Waals surface area (Å²) in [7, 11) is -1.59. The molecule has 9 nitrogen and oxygen atoms in total. The Morgan fingerprint density at radius 1 is 1.31 bits per heavy atom. The topological polar surface area (TPSA) is 140 Å². The molecular weight excluding hydrogens is 393 g/mol. The van der Waals surface area contributed by atoms with Crippen LogP contribution in [0.5, 0.6) is 11.5 Å². The summed E-state index contributed by atoms with van der Waals surface area (Å²) in [6, 6.07) is 1.82. The molecule has 29 heavy (non-hydrogen) atoms. The van der Waals surface area contributed by atoms with Crippen LogP contribution in [0, 0.1) is 0 Å². The van der Waals surface area contributed by atoms with Crippen molar-refractivity contribution in [2.24, 2.45) is 0 Å². The zero-order chi connectivity index (χ0) is 21.3. The van der Waals surface area contributed by atoms with Gasteiger partial charge in [-0.1, -0.05) is 6.07 Å². The molecule has 0 bridgehead atoms. The van der Waals surface area contributed by atoms with Gasteiger partial charge >= 0.3 is 13.1 Å². The van der Waals surface area contributed by atoms with E-state index in [1.54, 1.807) is 0 Å². The summed E-state index contributed by atoms with van der Waals surface area (Å²) in [5, 5.41) is 40.0. The zero-order valence-corrected chi connectivity index (χ0v) is 15.3. The highest BCUT2D eigenvalue weighted by atomic mass is 19.3. The van der Waals surface area contributed by atoms with Crippen molar-refractivity contribution in [2.45, 2.75) is 37.2 Å². The van der Waals surface area contributed by atoms with E-state index in [4.69, 9.17) is 14.8 Å². The number of rotatable bonds is 7. The maximum absolute atomic E-state index is 13.2. The highest BCUT2D eigenvalue weighted by molar-refractivity contribution is 6.41. The second-order valence-electron chi connectivity index (χ2n) is 7.25. The SMILES string of the molecule is O=C(O)c1c(OC2CN(C(=O)[C@@H]3CC(F)(F)CN3)C2)ccc(CCB(O)O)c1O. The molecule has 0 aromatic heterocycles. The summed E-state index contributed by atoms with van der Waals surface area (Å²) in [6.45, 7) is -0.320. The van der Waals surface area contributed by atoms with Crippen LogP contribution in [0.2, 0.25) is 6.32 Å². The van der Waals surface area contributed by atoms with Crippen molar-refractivity contribution in [3.05, 3.63) is 23.3 Å². The van der Waals surface area contributed by atoms with Gasteiger partial charge in [0.1, 0.15) is 23.2 Å². The lowest BCUT2D eigenvalue weighted by atomic mass is 9.82. The first-order valence-corrected chi connectivity index (χ1v) is 9.08. The lowest BCUT2D eigenvalue weighted by Gasteiger charge is -2.40. The molecule has 2 fully saturated rings. The third kappa shape index (κ3) is 4.77. The Kier molecular flexibility index (Phi) is 5.96. The zero-order valence-electron chi connectivity index (χ0n) is 15.3. The van der Waals surface area contributed by atoms with Crippen LogP contribution < -0.4 is 10.1 Å². The molecule has 0 aliphatic carbocycles. The Morgan fingerprint density at radius 3 is 2.55 bits per heavy atom. The average Bonchev–Trinajstić information content (AvgIpc) is 2.95. The predicted molar refractivity (Wildman–Crippen MR) is 96.1 cm³/mol. The smallest absolute Gasteiger partial charge is 0.451 e. The van der Waals surface area contributed by atoms with Crippen molar-refractivity contribution >= 4 is 19.0 Å². The van der Waals surface area contributed by atoms with Crippen molar-refractivity contribution < 1.29 is 43.4 Å². The maximum atomic E-state index is 13.2.